The van der Waals surface area contributed by atoms with E-state index in [4.69, 9.17) is 17.3 Å². The Kier molecular flexibility index (Phi) is 2.46. The zero-order valence-electron chi connectivity index (χ0n) is 9.12. The van der Waals surface area contributed by atoms with Gasteiger partial charge in [-0.15, -0.1) is 0 Å². The number of pyridine rings is 1. The number of halogens is 1. The van der Waals surface area contributed by atoms with Gasteiger partial charge in [-0.2, -0.15) is 0 Å². The van der Waals surface area contributed by atoms with Gasteiger partial charge in [0.2, 0.25) is 0 Å². The van der Waals surface area contributed by atoms with E-state index in [0.29, 0.717) is 16.5 Å². The third-order valence-electron chi connectivity index (χ3n) is 2.66. The molecule has 2 aromatic heterocycles. The molecule has 2 N–H and O–H groups in total. The van der Waals surface area contributed by atoms with E-state index in [0.717, 1.165) is 0 Å². The van der Waals surface area contributed by atoms with Gasteiger partial charge >= 0.3 is 0 Å². The maximum absolute atomic E-state index is 12.2. The van der Waals surface area contributed by atoms with E-state index in [9.17, 15) is 4.79 Å². The van der Waals surface area contributed by atoms with Crippen LogP contribution in [-0.4, -0.2) is 20.9 Å². The minimum atomic E-state index is -0.671. The molecule has 1 atom stereocenters. The Morgan fingerprint density at radius 3 is 2.67 bits per heavy atom. The number of anilines is 1. The fraction of sp³-hybridized carbons (Fsp3) is 0.0909. The molecule has 0 bridgehead atoms. The molecule has 0 saturated carbocycles. The van der Waals surface area contributed by atoms with Crippen LogP contribution in [-0.2, 0) is 0 Å². The van der Waals surface area contributed by atoms with Gasteiger partial charge in [0.25, 0.3) is 5.91 Å². The number of aromatic nitrogens is 3. The summed E-state index contributed by atoms with van der Waals surface area (Å²) in [4.78, 5) is 25.7. The van der Waals surface area contributed by atoms with E-state index in [1.165, 1.54) is 23.5 Å². The first kappa shape index (κ1) is 11.1. The van der Waals surface area contributed by atoms with Crippen molar-refractivity contribution in [2.45, 2.75) is 6.17 Å². The summed E-state index contributed by atoms with van der Waals surface area (Å²) in [7, 11) is 0. The molecule has 2 aromatic rings. The smallest absolute Gasteiger partial charge is 0.281 e. The molecule has 0 spiro atoms. The highest BCUT2D eigenvalue weighted by atomic mass is 35.5. The molecule has 1 amide bonds. The minimum Gasteiger partial charge on any atom is -0.306 e. The average Bonchev–Trinajstić information content (AvgIpc) is 2.64. The molecule has 6 nitrogen and oxygen atoms in total. The second-order valence-electron chi connectivity index (χ2n) is 3.74. The standard InChI is InChI=1S/C11H8ClN5O/c12-6-1-2-7(16-5-6)17-10(13)8-9(11(17)18)15-4-3-14-8/h1-5,10H,13H2/t10-/m1/s1. The molecule has 18 heavy (non-hydrogen) atoms. The molecule has 0 unspecified atom stereocenters. The molecule has 1 aliphatic heterocycles. The summed E-state index contributed by atoms with van der Waals surface area (Å²) < 4.78 is 0. The van der Waals surface area contributed by atoms with Crippen LogP contribution < -0.4 is 10.6 Å². The number of nitrogens with zero attached hydrogens (tertiary/aromatic N) is 4. The number of amides is 1. The molecular formula is C11H8ClN5O. The van der Waals surface area contributed by atoms with Crippen LogP contribution in [0, 0.1) is 0 Å². The van der Waals surface area contributed by atoms with Gasteiger partial charge in [0.15, 0.2) is 5.69 Å². The van der Waals surface area contributed by atoms with Crippen molar-refractivity contribution in [1.29, 1.82) is 0 Å². The molecule has 0 radical (unpaired) electrons. The highest BCUT2D eigenvalue weighted by Crippen LogP contribution is 2.30. The van der Waals surface area contributed by atoms with Crippen LogP contribution in [0.25, 0.3) is 0 Å². The largest absolute Gasteiger partial charge is 0.306 e. The van der Waals surface area contributed by atoms with Crippen LogP contribution in [0.15, 0.2) is 30.7 Å². The van der Waals surface area contributed by atoms with E-state index < -0.39 is 6.17 Å². The summed E-state index contributed by atoms with van der Waals surface area (Å²) in [6.07, 6.45) is 3.75. The number of carbonyl (C=O) groups is 1. The van der Waals surface area contributed by atoms with E-state index >= 15 is 0 Å². The lowest BCUT2D eigenvalue weighted by molar-refractivity contribution is 0.0987. The summed E-state index contributed by atoms with van der Waals surface area (Å²) in [6, 6.07) is 3.28. The number of carbonyl (C=O) groups excluding carboxylic acids is 1. The van der Waals surface area contributed by atoms with Crippen molar-refractivity contribution >= 4 is 23.3 Å². The Morgan fingerprint density at radius 2 is 2.00 bits per heavy atom. The third kappa shape index (κ3) is 1.54. The summed E-state index contributed by atoms with van der Waals surface area (Å²) >= 11 is 5.76. The summed E-state index contributed by atoms with van der Waals surface area (Å²) in [5.74, 6) is 0.122. The number of hydrogen-bond acceptors (Lipinski definition) is 5. The van der Waals surface area contributed by atoms with Crippen molar-refractivity contribution in [3.8, 4) is 0 Å². The second kappa shape index (κ2) is 4.01. The zero-order chi connectivity index (χ0) is 12.7. The maximum Gasteiger partial charge on any atom is 0.281 e. The summed E-state index contributed by atoms with van der Waals surface area (Å²) in [5, 5.41) is 0.493. The minimum absolute atomic E-state index is 0.266. The zero-order valence-corrected chi connectivity index (χ0v) is 9.87. The first-order chi connectivity index (χ1) is 8.68. The van der Waals surface area contributed by atoms with E-state index in [2.05, 4.69) is 15.0 Å². The quantitative estimate of drug-likeness (QED) is 0.832. The van der Waals surface area contributed by atoms with Gasteiger partial charge < -0.3 is 5.73 Å². The van der Waals surface area contributed by atoms with Crippen LogP contribution in [0.2, 0.25) is 5.02 Å². The van der Waals surface area contributed by atoms with Gasteiger partial charge in [0.1, 0.15) is 17.7 Å². The average molecular weight is 262 g/mol. The molecule has 7 heteroatoms. The highest BCUT2D eigenvalue weighted by molar-refractivity contribution is 6.30. The van der Waals surface area contributed by atoms with Crippen LogP contribution in [0.3, 0.4) is 0 Å². The first-order valence-electron chi connectivity index (χ1n) is 5.20. The van der Waals surface area contributed by atoms with Gasteiger partial charge in [0, 0.05) is 18.6 Å². The molecule has 0 fully saturated rings. The van der Waals surface area contributed by atoms with Crippen molar-refractivity contribution < 1.29 is 4.79 Å². The first-order valence-corrected chi connectivity index (χ1v) is 5.58. The van der Waals surface area contributed by atoms with Gasteiger partial charge in [-0.1, -0.05) is 11.6 Å². The van der Waals surface area contributed by atoms with E-state index in [1.54, 1.807) is 12.1 Å². The Morgan fingerprint density at radius 1 is 1.22 bits per heavy atom. The van der Waals surface area contributed by atoms with Gasteiger partial charge in [-0.25, -0.2) is 9.97 Å². The van der Waals surface area contributed by atoms with Crippen molar-refractivity contribution in [2.75, 3.05) is 4.90 Å². The molecule has 1 aliphatic rings. The Labute approximate surface area is 107 Å². The van der Waals surface area contributed by atoms with Crippen molar-refractivity contribution in [3.63, 3.8) is 0 Å². The lowest BCUT2D eigenvalue weighted by Gasteiger charge is -2.19. The highest BCUT2D eigenvalue weighted by Gasteiger charge is 2.38. The Hall–Kier alpha value is -2.05. The summed E-state index contributed by atoms with van der Waals surface area (Å²) in [6.45, 7) is 0. The topological polar surface area (TPSA) is 85.0 Å². The van der Waals surface area contributed by atoms with Crippen LogP contribution in [0.1, 0.15) is 22.3 Å². The molecule has 0 aliphatic carbocycles. The van der Waals surface area contributed by atoms with Crippen LogP contribution >= 0.6 is 11.6 Å². The number of fused-ring (bicyclic) bond motifs is 1. The molecule has 0 aromatic carbocycles. The maximum atomic E-state index is 12.2. The van der Waals surface area contributed by atoms with Gasteiger partial charge in [0.05, 0.1) is 5.02 Å². The molecular weight excluding hydrogens is 254 g/mol. The molecule has 3 heterocycles. The van der Waals surface area contributed by atoms with Crippen LogP contribution in [0.5, 0.6) is 0 Å². The third-order valence-corrected chi connectivity index (χ3v) is 2.89. The van der Waals surface area contributed by atoms with Crippen LogP contribution in [0.4, 0.5) is 5.82 Å². The Balaban J connectivity index is 2.06. The monoisotopic (exact) mass is 261 g/mol. The number of hydrogen-bond donors (Lipinski definition) is 1. The predicted molar refractivity (Wildman–Crippen MR) is 65.0 cm³/mol. The number of nitrogens with two attached hydrogens (primary N) is 1. The van der Waals surface area contributed by atoms with Crippen molar-refractivity contribution in [1.82, 2.24) is 15.0 Å². The normalized spacial score (nSPS) is 18.0. The number of rotatable bonds is 1. The van der Waals surface area contributed by atoms with E-state index in [1.807, 2.05) is 0 Å². The molecule has 0 saturated heterocycles. The lowest BCUT2D eigenvalue weighted by Crippen LogP contribution is -2.33. The fourth-order valence-electron chi connectivity index (χ4n) is 1.85. The lowest BCUT2D eigenvalue weighted by atomic mass is 10.3. The van der Waals surface area contributed by atoms with Crippen molar-refractivity contribution in [3.05, 3.63) is 47.1 Å². The fourth-order valence-corrected chi connectivity index (χ4v) is 1.96. The molecule has 3 rings (SSSR count). The second-order valence-corrected chi connectivity index (χ2v) is 4.18. The van der Waals surface area contributed by atoms with Gasteiger partial charge in [-0.3, -0.25) is 14.7 Å². The van der Waals surface area contributed by atoms with Gasteiger partial charge in [-0.05, 0) is 12.1 Å². The van der Waals surface area contributed by atoms with Crippen molar-refractivity contribution in [2.24, 2.45) is 5.73 Å². The Bertz CT molecular complexity index is 615. The summed E-state index contributed by atoms with van der Waals surface area (Å²) in [5.41, 5.74) is 6.70. The van der Waals surface area contributed by atoms with E-state index in [-0.39, 0.29) is 11.6 Å². The predicted octanol–water partition coefficient (Wildman–Crippen LogP) is 1.14. The molecule has 90 valence electrons. The SMILES string of the molecule is N[C@H]1c2nccnc2C(=O)N1c1ccc(Cl)cn1.